The molecule has 0 aromatic heterocycles. The summed E-state index contributed by atoms with van der Waals surface area (Å²) in [5, 5.41) is 1.24. The third-order valence-electron chi connectivity index (χ3n) is 4.86. The van der Waals surface area contributed by atoms with Crippen molar-refractivity contribution in [3.63, 3.8) is 0 Å². The van der Waals surface area contributed by atoms with Gasteiger partial charge in [-0.1, -0.05) is 56.1 Å². The molecule has 3 aromatic carbocycles. The van der Waals surface area contributed by atoms with Crippen LogP contribution in [0.3, 0.4) is 0 Å². The normalized spacial score (nSPS) is 14.5. The average Bonchev–Trinajstić information content (AvgIpc) is 3.08. The second-order valence-corrected chi connectivity index (χ2v) is 9.97. The highest BCUT2D eigenvalue weighted by Crippen LogP contribution is 2.36. The van der Waals surface area contributed by atoms with Crippen molar-refractivity contribution in [2.24, 2.45) is 0 Å². The molecule has 9 heteroatoms. The van der Waals surface area contributed by atoms with Gasteiger partial charge in [0, 0.05) is 14.5 Å². The summed E-state index contributed by atoms with van der Waals surface area (Å²) in [5.41, 5.74) is 4.88. The fraction of sp³-hybridized carbons (Fsp3) is 0.0833. The van der Waals surface area contributed by atoms with Gasteiger partial charge in [0.25, 0.3) is 11.8 Å². The molecule has 168 valence electrons. The van der Waals surface area contributed by atoms with Crippen LogP contribution in [-0.4, -0.2) is 18.9 Å². The van der Waals surface area contributed by atoms with Crippen LogP contribution in [0, 0.1) is 3.57 Å². The quantitative estimate of drug-likeness (QED) is 0.201. The molecule has 1 aliphatic rings. The zero-order valence-corrected chi connectivity index (χ0v) is 22.6. The van der Waals surface area contributed by atoms with Crippen molar-refractivity contribution < 1.29 is 19.1 Å². The molecule has 1 fully saturated rings. The lowest BCUT2D eigenvalue weighted by molar-refractivity contribution is -0.117. The van der Waals surface area contributed by atoms with Crippen LogP contribution in [0.5, 0.6) is 11.5 Å². The van der Waals surface area contributed by atoms with E-state index in [9.17, 15) is 9.59 Å². The van der Waals surface area contributed by atoms with Gasteiger partial charge in [0.1, 0.15) is 12.2 Å². The minimum atomic E-state index is -0.460. The number of anilines is 1. The number of methoxy groups -OCH3 is 1. The Labute approximate surface area is 221 Å². The Morgan fingerprint density at radius 2 is 1.82 bits per heavy atom. The molecule has 0 spiro atoms. The second kappa shape index (κ2) is 10.3. The smallest absolute Gasteiger partial charge is 0.282 e. The van der Waals surface area contributed by atoms with Gasteiger partial charge in [0.2, 0.25) is 0 Å². The van der Waals surface area contributed by atoms with Gasteiger partial charge in [-0.15, -0.1) is 0 Å². The molecule has 1 N–H and O–H groups in total. The number of nitrogens with zero attached hydrogens (tertiary/aromatic N) is 1. The van der Waals surface area contributed by atoms with Gasteiger partial charge in [0.15, 0.2) is 11.5 Å². The van der Waals surface area contributed by atoms with E-state index in [1.807, 2.05) is 30.3 Å². The molecule has 6 nitrogen and oxygen atoms in total. The van der Waals surface area contributed by atoms with Crippen LogP contribution in [0.4, 0.5) is 5.69 Å². The highest BCUT2D eigenvalue weighted by Gasteiger charge is 2.34. The van der Waals surface area contributed by atoms with E-state index in [-0.39, 0.29) is 5.57 Å². The summed E-state index contributed by atoms with van der Waals surface area (Å²) in [6.07, 6.45) is 1.56. The molecule has 0 saturated carbocycles. The fourth-order valence-corrected chi connectivity index (χ4v) is 5.18. The van der Waals surface area contributed by atoms with Crippen molar-refractivity contribution in [3.05, 3.63) is 89.9 Å². The Kier molecular flexibility index (Phi) is 7.40. The Morgan fingerprint density at radius 3 is 2.52 bits per heavy atom. The molecule has 0 bridgehead atoms. The van der Waals surface area contributed by atoms with E-state index < -0.39 is 11.8 Å². The summed E-state index contributed by atoms with van der Waals surface area (Å²) >= 11 is 9.14. The molecule has 33 heavy (non-hydrogen) atoms. The van der Waals surface area contributed by atoms with E-state index >= 15 is 0 Å². The summed E-state index contributed by atoms with van der Waals surface area (Å²) < 4.78 is 14.3. The lowest BCUT2D eigenvalue weighted by atomic mass is 10.1. The largest absolute Gasteiger partial charge is 0.493 e. The first-order valence-corrected chi connectivity index (χ1v) is 12.4. The number of rotatable bonds is 6. The number of amides is 2. The Morgan fingerprint density at radius 1 is 1.06 bits per heavy atom. The molecule has 4 rings (SSSR count). The number of benzene rings is 3. The number of hydrogen-bond acceptors (Lipinski definition) is 4. The molecule has 0 unspecified atom stereocenters. The number of carbonyl (C=O) groups is 2. The zero-order chi connectivity index (χ0) is 23.5. The monoisotopic (exact) mass is 682 g/mol. The molecule has 1 saturated heterocycles. The van der Waals surface area contributed by atoms with E-state index in [1.165, 1.54) is 5.01 Å². The van der Waals surface area contributed by atoms with Crippen molar-refractivity contribution in [2.45, 2.75) is 6.61 Å². The third kappa shape index (κ3) is 5.25. The number of carbonyl (C=O) groups excluding carboxylic acids is 2. The second-order valence-electron chi connectivity index (χ2n) is 7.03. The number of ether oxygens (including phenoxy) is 2. The number of hydrogen-bond donors (Lipinski definition) is 1. The van der Waals surface area contributed by atoms with Gasteiger partial charge < -0.3 is 9.47 Å². The molecule has 2 amide bonds. The summed E-state index contributed by atoms with van der Waals surface area (Å²) in [4.78, 5) is 25.3. The van der Waals surface area contributed by atoms with Crippen LogP contribution in [0.1, 0.15) is 11.1 Å². The fourth-order valence-electron chi connectivity index (χ4n) is 3.23. The lowest BCUT2D eigenvalue weighted by Gasteiger charge is -2.15. The first-order chi connectivity index (χ1) is 15.9. The topological polar surface area (TPSA) is 67.9 Å². The predicted octanol–water partition coefficient (Wildman–Crippen LogP) is 5.87. The zero-order valence-electron chi connectivity index (χ0n) is 17.3. The molecule has 0 aliphatic carbocycles. The number of para-hydroxylation sites is 1. The van der Waals surface area contributed by atoms with Crippen molar-refractivity contribution >= 4 is 78.0 Å². The number of hydrazine groups is 1. The lowest BCUT2D eigenvalue weighted by Crippen LogP contribution is -2.35. The van der Waals surface area contributed by atoms with E-state index in [4.69, 9.17) is 9.47 Å². The highest BCUT2D eigenvalue weighted by atomic mass is 127. The predicted molar refractivity (Wildman–Crippen MR) is 142 cm³/mol. The highest BCUT2D eigenvalue weighted by molar-refractivity contribution is 14.1. The Balaban J connectivity index is 1.59. The SMILES string of the molecule is COc1cc(/C=C2/C(=O)NN(c3ccccc3)C2=O)cc(I)c1OCc1ccc(Br)cc1Br. The van der Waals surface area contributed by atoms with E-state index in [0.717, 1.165) is 18.1 Å². The Hall–Kier alpha value is -2.37. The Bertz CT molecular complexity index is 1260. The van der Waals surface area contributed by atoms with Gasteiger partial charge in [-0.25, -0.2) is 5.01 Å². The molecular weight excluding hydrogens is 667 g/mol. The summed E-state index contributed by atoms with van der Waals surface area (Å²) in [5.74, 6) is 0.217. The third-order valence-corrected chi connectivity index (χ3v) is 6.89. The first kappa shape index (κ1) is 23.8. The average molecular weight is 684 g/mol. The molecule has 0 atom stereocenters. The summed E-state index contributed by atoms with van der Waals surface area (Å²) in [7, 11) is 1.55. The van der Waals surface area contributed by atoms with Crippen LogP contribution >= 0.6 is 54.5 Å². The van der Waals surface area contributed by atoms with E-state index in [2.05, 4.69) is 59.9 Å². The molecule has 0 radical (unpaired) electrons. The van der Waals surface area contributed by atoms with Crippen molar-refractivity contribution in [2.75, 3.05) is 12.1 Å². The molecule has 1 heterocycles. The maximum Gasteiger partial charge on any atom is 0.282 e. The standard InChI is InChI=1S/C24H17Br2IN2O4/c1-32-21-11-14(9-18-23(30)28-29(24(18)31)17-5-3-2-4-6-17)10-20(27)22(21)33-13-15-7-8-16(25)12-19(15)26/h2-12H,13H2,1H3,(H,28,30)/b18-9-. The molecular formula is C24H17Br2IN2O4. The van der Waals surface area contributed by atoms with E-state index in [0.29, 0.717) is 29.4 Å². The maximum atomic E-state index is 12.9. The van der Waals surface area contributed by atoms with Crippen molar-refractivity contribution in [1.29, 1.82) is 0 Å². The van der Waals surface area contributed by atoms with Gasteiger partial charge in [-0.2, -0.15) is 0 Å². The van der Waals surface area contributed by atoms with Crippen LogP contribution in [0.25, 0.3) is 6.08 Å². The molecule has 1 aliphatic heterocycles. The summed E-state index contributed by atoms with van der Waals surface area (Å²) in [6, 6.07) is 18.4. The number of nitrogens with one attached hydrogen (secondary N) is 1. The minimum Gasteiger partial charge on any atom is -0.493 e. The number of halogens is 3. The first-order valence-electron chi connectivity index (χ1n) is 9.74. The van der Waals surface area contributed by atoms with Crippen LogP contribution in [0.2, 0.25) is 0 Å². The van der Waals surface area contributed by atoms with Crippen molar-refractivity contribution in [3.8, 4) is 11.5 Å². The van der Waals surface area contributed by atoms with Crippen LogP contribution in [-0.2, 0) is 16.2 Å². The minimum absolute atomic E-state index is 0.0455. The van der Waals surface area contributed by atoms with Gasteiger partial charge in [-0.05, 0) is 70.6 Å². The maximum absolute atomic E-state index is 12.9. The summed E-state index contributed by atoms with van der Waals surface area (Å²) in [6.45, 7) is 0.341. The van der Waals surface area contributed by atoms with Gasteiger partial charge in [-0.3, -0.25) is 15.0 Å². The molecule has 3 aromatic rings. The van der Waals surface area contributed by atoms with Crippen LogP contribution in [0.15, 0.2) is 75.2 Å². The van der Waals surface area contributed by atoms with Gasteiger partial charge in [0.05, 0.1) is 16.4 Å². The van der Waals surface area contributed by atoms with E-state index in [1.54, 1.807) is 43.5 Å². The van der Waals surface area contributed by atoms with Gasteiger partial charge >= 0.3 is 0 Å². The van der Waals surface area contributed by atoms with Crippen LogP contribution < -0.4 is 19.9 Å². The van der Waals surface area contributed by atoms with Crippen molar-refractivity contribution in [1.82, 2.24) is 5.43 Å².